The second-order valence-electron chi connectivity index (χ2n) is 8.41. The Hall–Kier alpha value is -4.91. The SMILES string of the molecule is c1ccc(-c2cc3n4nccc4n4nc(-n5c6ccccc6c6ccccc65)cc4n3n2)cc1. The molecule has 0 atom stereocenters. The summed E-state index contributed by atoms with van der Waals surface area (Å²) in [6, 6.07) is 33.3. The molecular formula is C27H17N7. The molecule has 8 rings (SSSR count). The van der Waals surface area contributed by atoms with Crippen LogP contribution in [0, 0.1) is 0 Å². The zero-order valence-corrected chi connectivity index (χ0v) is 17.9. The fourth-order valence-corrected chi connectivity index (χ4v) is 5.03. The average Bonchev–Trinajstić information content (AvgIpc) is 3.66. The molecule has 0 N–H and O–H groups in total. The van der Waals surface area contributed by atoms with Gasteiger partial charge in [-0.3, -0.25) is 4.57 Å². The second-order valence-corrected chi connectivity index (χ2v) is 8.41. The first-order valence-electron chi connectivity index (χ1n) is 11.2. The Kier molecular flexibility index (Phi) is 3.28. The van der Waals surface area contributed by atoms with Crippen molar-refractivity contribution in [3.63, 3.8) is 0 Å². The van der Waals surface area contributed by atoms with Crippen LogP contribution in [0.15, 0.2) is 103 Å². The summed E-state index contributed by atoms with van der Waals surface area (Å²) in [6.07, 6.45) is 1.80. The molecule has 5 aromatic heterocycles. The number of benzene rings is 3. The van der Waals surface area contributed by atoms with E-state index in [1.165, 1.54) is 10.8 Å². The van der Waals surface area contributed by atoms with E-state index < -0.39 is 0 Å². The third kappa shape index (κ3) is 2.22. The number of para-hydroxylation sites is 2. The maximum absolute atomic E-state index is 5.05. The molecule has 5 heterocycles. The van der Waals surface area contributed by atoms with Gasteiger partial charge in [0.05, 0.1) is 22.9 Å². The topological polar surface area (TPSA) is 56.8 Å². The lowest BCUT2D eigenvalue weighted by molar-refractivity contribution is 0.823. The minimum absolute atomic E-state index is 0.838. The molecule has 160 valence electrons. The molecule has 0 spiro atoms. The van der Waals surface area contributed by atoms with Crippen molar-refractivity contribution >= 4 is 38.7 Å². The summed E-state index contributed by atoms with van der Waals surface area (Å²) in [5.74, 6) is 0.838. The van der Waals surface area contributed by atoms with Gasteiger partial charge < -0.3 is 0 Å². The van der Waals surface area contributed by atoms with Gasteiger partial charge >= 0.3 is 0 Å². The molecule has 0 unspecified atom stereocenters. The van der Waals surface area contributed by atoms with E-state index in [4.69, 9.17) is 10.2 Å². The monoisotopic (exact) mass is 439 g/mol. The number of aromatic nitrogens is 7. The molecule has 34 heavy (non-hydrogen) atoms. The first-order chi connectivity index (χ1) is 16.9. The van der Waals surface area contributed by atoms with E-state index >= 15 is 0 Å². The van der Waals surface area contributed by atoms with Crippen molar-refractivity contribution in [3.05, 3.63) is 103 Å². The molecule has 7 heteroatoms. The number of fused-ring (bicyclic) bond motifs is 9. The molecule has 0 fully saturated rings. The van der Waals surface area contributed by atoms with Crippen LogP contribution in [0.2, 0.25) is 0 Å². The van der Waals surface area contributed by atoms with Crippen molar-refractivity contribution in [2.24, 2.45) is 0 Å². The molecule has 0 radical (unpaired) electrons. The van der Waals surface area contributed by atoms with Gasteiger partial charge in [-0.05, 0) is 12.1 Å². The third-order valence-corrected chi connectivity index (χ3v) is 6.52. The van der Waals surface area contributed by atoms with Gasteiger partial charge in [-0.1, -0.05) is 66.7 Å². The number of nitrogens with zero attached hydrogens (tertiary/aromatic N) is 7. The summed E-state index contributed by atoms with van der Waals surface area (Å²) in [7, 11) is 0. The van der Waals surface area contributed by atoms with Crippen LogP contribution in [-0.2, 0) is 0 Å². The lowest BCUT2D eigenvalue weighted by atomic mass is 10.2. The van der Waals surface area contributed by atoms with Crippen molar-refractivity contribution < 1.29 is 0 Å². The van der Waals surface area contributed by atoms with Crippen LogP contribution in [0.5, 0.6) is 0 Å². The van der Waals surface area contributed by atoms with E-state index in [0.717, 1.165) is 45.1 Å². The van der Waals surface area contributed by atoms with Crippen molar-refractivity contribution in [1.82, 2.24) is 33.4 Å². The van der Waals surface area contributed by atoms with Crippen LogP contribution in [0.1, 0.15) is 0 Å². The summed E-state index contributed by atoms with van der Waals surface area (Å²) in [5, 5.41) is 17.0. The van der Waals surface area contributed by atoms with Crippen LogP contribution in [-0.4, -0.2) is 33.4 Å². The summed E-state index contributed by atoms with van der Waals surface area (Å²) in [5.41, 5.74) is 6.85. The Morgan fingerprint density at radius 1 is 0.529 bits per heavy atom. The highest BCUT2D eigenvalue weighted by atomic mass is 15.5. The normalized spacial score (nSPS) is 12.1. The molecule has 0 saturated heterocycles. The van der Waals surface area contributed by atoms with Gasteiger partial charge in [-0.2, -0.15) is 23.7 Å². The molecule has 0 saturated carbocycles. The molecule has 0 aliphatic carbocycles. The first kappa shape index (κ1) is 17.6. The fourth-order valence-electron chi connectivity index (χ4n) is 5.03. The van der Waals surface area contributed by atoms with Gasteiger partial charge in [0.25, 0.3) is 0 Å². The van der Waals surface area contributed by atoms with Crippen LogP contribution < -0.4 is 0 Å². The number of hydrogen-bond donors (Lipinski definition) is 0. The average molecular weight is 439 g/mol. The van der Waals surface area contributed by atoms with Gasteiger partial charge in [-0.15, -0.1) is 5.10 Å². The Labute approximate surface area is 192 Å². The molecule has 0 aliphatic heterocycles. The highest BCUT2D eigenvalue weighted by Crippen LogP contribution is 2.32. The van der Waals surface area contributed by atoms with Crippen molar-refractivity contribution in [3.8, 4) is 17.1 Å². The van der Waals surface area contributed by atoms with E-state index in [9.17, 15) is 0 Å². The Bertz CT molecular complexity index is 1970. The van der Waals surface area contributed by atoms with Gasteiger partial charge in [0.15, 0.2) is 22.8 Å². The van der Waals surface area contributed by atoms with Crippen LogP contribution >= 0.6 is 0 Å². The highest BCUT2D eigenvalue weighted by Gasteiger charge is 2.19. The fraction of sp³-hybridized carbons (Fsp3) is 0. The Morgan fingerprint density at radius 3 is 1.94 bits per heavy atom. The summed E-state index contributed by atoms with van der Waals surface area (Å²) in [4.78, 5) is 0. The number of hydrogen-bond acceptors (Lipinski definition) is 3. The predicted molar refractivity (Wildman–Crippen MR) is 132 cm³/mol. The number of rotatable bonds is 2. The Morgan fingerprint density at radius 2 is 1.18 bits per heavy atom. The molecule has 0 aliphatic rings. The van der Waals surface area contributed by atoms with E-state index in [-0.39, 0.29) is 0 Å². The zero-order valence-electron chi connectivity index (χ0n) is 17.9. The summed E-state index contributed by atoms with van der Waals surface area (Å²) < 4.78 is 7.94. The van der Waals surface area contributed by atoms with Crippen LogP contribution in [0.25, 0.3) is 55.8 Å². The minimum atomic E-state index is 0.838. The zero-order chi connectivity index (χ0) is 22.2. The van der Waals surface area contributed by atoms with Crippen molar-refractivity contribution in [1.29, 1.82) is 0 Å². The smallest absolute Gasteiger partial charge is 0.163 e. The largest absolute Gasteiger partial charge is 0.292 e. The third-order valence-electron chi connectivity index (χ3n) is 6.52. The van der Waals surface area contributed by atoms with E-state index in [0.29, 0.717) is 0 Å². The lowest BCUT2D eigenvalue weighted by Crippen LogP contribution is -2.04. The summed E-state index contributed by atoms with van der Waals surface area (Å²) >= 11 is 0. The first-order valence-corrected chi connectivity index (χ1v) is 11.2. The minimum Gasteiger partial charge on any atom is -0.292 e. The maximum Gasteiger partial charge on any atom is 0.163 e. The van der Waals surface area contributed by atoms with Crippen molar-refractivity contribution in [2.45, 2.75) is 0 Å². The van der Waals surface area contributed by atoms with Crippen LogP contribution in [0.4, 0.5) is 0 Å². The summed E-state index contributed by atoms with van der Waals surface area (Å²) in [6.45, 7) is 0. The highest BCUT2D eigenvalue weighted by molar-refractivity contribution is 6.09. The molecule has 3 aromatic carbocycles. The van der Waals surface area contributed by atoms with Gasteiger partial charge in [0.1, 0.15) is 0 Å². The molecule has 8 aromatic rings. The lowest BCUT2D eigenvalue weighted by Gasteiger charge is -2.02. The molecule has 0 bridgehead atoms. The quantitative estimate of drug-likeness (QED) is 0.363. The standard InChI is InChI=1S/C27H17N7/c1-2-8-18(9-3-1)21-16-26-32-25(14-15-28-32)33-27(34(26)29-21)17-24(30-33)31-22-12-6-4-10-19(22)20-11-5-7-13-23(20)31/h1-17H. The van der Waals surface area contributed by atoms with Gasteiger partial charge in [-0.25, -0.2) is 0 Å². The molecule has 7 nitrogen and oxygen atoms in total. The van der Waals surface area contributed by atoms with Gasteiger partial charge in [0, 0.05) is 34.5 Å². The second kappa shape index (κ2) is 6.32. The molecular weight excluding hydrogens is 422 g/mol. The van der Waals surface area contributed by atoms with Crippen LogP contribution in [0.3, 0.4) is 0 Å². The Balaban J connectivity index is 1.49. The predicted octanol–water partition coefficient (Wildman–Crippen LogP) is 5.39. The maximum atomic E-state index is 5.05. The van der Waals surface area contributed by atoms with E-state index in [1.807, 2.05) is 37.8 Å². The van der Waals surface area contributed by atoms with Gasteiger partial charge in [0.2, 0.25) is 0 Å². The molecule has 0 amide bonds. The van der Waals surface area contributed by atoms with E-state index in [1.54, 1.807) is 6.20 Å². The van der Waals surface area contributed by atoms with E-state index in [2.05, 4.69) is 82.5 Å². The van der Waals surface area contributed by atoms with Crippen molar-refractivity contribution in [2.75, 3.05) is 0 Å².